The number of nitrogens with two attached hydrogens (primary N) is 2. The Morgan fingerprint density at radius 1 is 1.09 bits per heavy atom. The van der Waals surface area contributed by atoms with E-state index in [2.05, 4.69) is 43.0 Å². The van der Waals surface area contributed by atoms with E-state index >= 15 is 0 Å². The molecule has 0 saturated heterocycles. The van der Waals surface area contributed by atoms with Crippen LogP contribution < -0.4 is 11.5 Å². The minimum atomic E-state index is 0.560. The molecule has 0 saturated carbocycles. The van der Waals surface area contributed by atoms with Gasteiger partial charge in [0.1, 0.15) is 0 Å². The van der Waals surface area contributed by atoms with Crippen LogP contribution in [-0.4, -0.2) is 0 Å². The monoisotopic (exact) mass is 288 g/mol. The Balaban J connectivity index is 1.92. The van der Waals surface area contributed by atoms with Gasteiger partial charge in [0.05, 0.1) is 0 Å². The van der Waals surface area contributed by atoms with Crippen molar-refractivity contribution in [2.75, 3.05) is 5.73 Å². The van der Waals surface area contributed by atoms with E-state index < -0.39 is 0 Å². The lowest BCUT2D eigenvalue weighted by Crippen LogP contribution is -1.95. The van der Waals surface area contributed by atoms with Crippen molar-refractivity contribution in [3.63, 3.8) is 0 Å². The number of benzene rings is 2. The van der Waals surface area contributed by atoms with Crippen molar-refractivity contribution >= 4 is 17.3 Å². The molecule has 0 amide bonds. The molecule has 0 bridgehead atoms. The van der Waals surface area contributed by atoms with Crippen LogP contribution in [0.4, 0.5) is 5.69 Å². The van der Waals surface area contributed by atoms with Crippen LogP contribution in [0.15, 0.2) is 72.3 Å². The van der Waals surface area contributed by atoms with E-state index in [-0.39, 0.29) is 0 Å². The largest absolute Gasteiger partial charge is 0.399 e. The van der Waals surface area contributed by atoms with E-state index in [0.29, 0.717) is 6.54 Å². The van der Waals surface area contributed by atoms with Gasteiger partial charge in [-0.3, -0.25) is 0 Å². The Kier molecular flexibility index (Phi) is 3.94. The molecule has 0 radical (unpaired) electrons. The summed E-state index contributed by atoms with van der Waals surface area (Å²) < 4.78 is 0. The first kappa shape index (κ1) is 14.4. The van der Waals surface area contributed by atoms with Crippen LogP contribution in [0.3, 0.4) is 0 Å². The van der Waals surface area contributed by atoms with Crippen LogP contribution in [0.2, 0.25) is 0 Å². The molecule has 0 aromatic heterocycles. The fourth-order valence-electron chi connectivity index (χ4n) is 2.69. The molecule has 2 heteroatoms. The van der Waals surface area contributed by atoms with E-state index in [4.69, 9.17) is 11.5 Å². The summed E-state index contributed by atoms with van der Waals surface area (Å²) in [7, 11) is 0. The van der Waals surface area contributed by atoms with E-state index in [1.165, 1.54) is 16.7 Å². The van der Waals surface area contributed by atoms with Crippen molar-refractivity contribution in [3.05, 3.63) is 89.0 Å². The highest BCUT2D eigenvalue weighted by molar-refractivity contribution is 5.81. The molecule has 3 rings (SSSR count). The average molecular weight is 288 g/mol. The molecule has 1 aliphatic carbocycles. The molecular weight excluding hydrogens is 268 g/mol. The second kappa shape index (κ2) is 6.04. The molecule has 22 heavy (non-hydrogen) atoms. The van der Waals surface area contributed by atoms with Crippen LogP contribution >= 0.6 is 0 Å². The third-order valence-electron chi connectivity index (χ3n) is 3.93. The van der Waals surface area contributed by atoms with Gasteiger partial charge in [-0.25, -0.2) is 0 Å². The quantitative estimate of drug-likeness (QED) is 0.833. The molecule has 1 aliphatic rings. The molecule has 0 atom stereocenters. The summed E-state index contributed by atoms with van der Waals surface area (Å²) in [6.45, 7) is 4.76. The second-order valence-corrected chi connectivity index (χ2v) is 5.62. The predicted octanol–water partition coefficient (Wildman–Crippen LogP) is 4.15. The molecule has 0 spiro atoms. The van der Waals surface area contributed by atoms with E-state index in [0.717, 1.165) is 28.8 Å². The van der Waals surface area contributed by atoms with Crippen molar-refractivity contribution < 1.29 is 0 Å². The minimum Gasteiger partial charge on any atom is -0.399 e. The summed E-state index contributed by atoms with van der Waals surface area (Å²) in [5.41, 5.74) is 19.4. The average Bonchev–Trinajstić information content (AvgIpc) is 2.89. The number of allylic oxidation sites excluding steroid dienone is 4. The van der Waals surface area contributed by atoms with Crippen LogP contribution in [0.5, 0.6) is 0 Å². The topological polar surface area (TPSA) is 52.0 Å². The summed E-state index contributed by atoms with van der Waals surface area (Å²) in [5.74, 6) is 0. The predicted molar refractivity (Wildman–Crippen MR) is 94.9 cm³/mol. The maximum absolute atomic E-state index is 5.75. The number of hydrogen-bond donors (Lipinski definition) is 2. The number of hydrogen-bond acceptors (Lipinski definition) is 2. The fourth-order valence-corrected chi connectivity index (χ4v) is 2.69. The number of nitrogen functional groups attached to an aromatic ring is 1. The number of anilines is 1. The molecule has 2 aromatic rings. The normalized spacial score (nSPS) is 16.1. The fraction of sp³-hybridized carbons (Fsp3) is 0.100. The van der Waals surface area contributed by atoms with Gasteiger partial charge in [0, 0.05) is 12.2 Å². The molecule has 2 aromatic carbocycles. The van der Waals surface area contributed by atoms with Crippen molar-refractivity contribution in [3.8, 4) is 0 Å². The lowest BCUT2D eigenvalue weighted by atomic mass is 10.0. The van der Waals surface area contributed by atoms with Crippen LogP contribution in [0.1, 0.15) is 23.1 Å². The van der Waals surface area contributed by atoms with Crippen molar-refractivity contribution in [1.82, 2.24) is 0 Å². The van der Waals surface area contributed by atoms with E-state index in [9.17, 15) is 0 Å². The molecule has 0 unspecified atom stereocenters. The zero-order valence-electron chi connectivity index (χ0n) is 12.5. The van der Waals surface area contributed by atoms with Gasteiger partial charge in [-0.15, -0.1) is 0 Å². The van der Waals surface area contributed by atoms with Gasteiger partial charge >= 0.3 is 0 Å². The van der Waals surface area contributed by atoms with Crippen molar-refractivity contribution in [1.29, 1.82) is 0 Å². The molecular formula is C20H20N2. The molecule has 110 valence electrons. The summed E-state index contributed by atoms with van der Waals surface area (Å²) >= 11 is 0. The Labute approximate surface area is 131 Å². The molecule has 0 fully saturated rings. The molecule has 0 heterocycles. The van der Waals surface area contributed by atoms with Gasteiger partial charge in [-0.05, 0) is 58.0 Å². The van der Waals surface area contributed by atoms with Gasteiger partial charge in [0.15, 0.2) is 0 Å². The van der Waals surface area contributed by atoms with Crippen molar-refractivity contribution in [2.45, 2.75) is 13.0 Å². The van der Waals surface area contributed by atoms with Gasteiger partial charge in [-0.2, -0.15) is 0 Å². The maximum atomic E-state index is 5.75. The highest BCUT2D eigenvalue weighted by Crippen LogP contribution is 2.35. The Morgan fingerprint density at radius 3 is 2.59 bits per heavy atom. The summed E-state index contributed by atoms with van der Waals surface area (Å²) in [5, 5.41) is 0. The summed E-state index contributed by atoms with van der Waals surface area (Å²) in [6.07, 6.45) is 5.26. The van der Waals surface area contributed by atoms with Gasteiger partial charge in [0.2, 0.25) is 0 Å². The SMILES string of the molecule is C=C1CC(c2ccc(N)cc2)=C/C1=C/c1cccc(CN)c1. The third kappa shape index (κ3) is 3.02. The Bertz CT molecular complexity index is 765. The molecule has 4 N–H and O–H groups in total. The first-order valence-corrected chi connectivity index (χ1v) is 7.41. The van der Waals surface area contributed by atoms with Gasteiger partial charge in [0.25, 0.3) is 0 Å². The first-order chi connectivity index (χ1) is 10.7. The zero-order chi connectivity index (χ0) is 15.5. The Morgan fingerprint density at radius 2 is 1.86 bits per heavy atom. The first-order valence-electron chi connectivity index (χ1n) is 7.41. The Hall–Kier alpha value is -2.58. The van der Waals surface area contributed by atoms with E-state index in [1.807, 2.05) is 24.3 Å². The van der Waals surface area contributed by atoms with Gasteiger partial charge in [-0.1, -0.05) is 49.1 Å². The highest BCUT2D eigenvalue weighted by atomic mass is 14.5. The molecule has 2 nitrogen and oxygen atoms in total. The van der Waals surface area contributed by atoms with Crippen LogP contribution in [0, 0.1) is 0 Å². The minimum absolute atomic E-state index is 0.560. The maximum Gasteiger partial charge on any atom is 0.0314 e. The highest BCUT2D eigenvalue weighted by Gasteiger charge is 2.14. The van der Waals surface area contributed by atoms with Gasteiger partial charge < -0.3 is 11.5 Å². The number of rotatable bonds is 3. The third-order valence-corrected chi connectivity index (χ3v) is 3.93. The lowest BCUT2D eigenvalue weighted by Gasteiger charge is -2.02. The zero-order valence-corrected chi connectivity index (χ0v) is 12.5. The van der Waals surface area contributed by atoms with Crippen molar-refractivity contribution in [2.24, 2.45) is 5.73 Å². The standard InChI is InChI=1S/C20H20N2/c1-14-9-19(17-5-7-20(22)8-6-17)12-18(14)11-15-3-2-4-16(10-15)13-21/h2-8,10-12H,1,9,13,21-22H2/b18-11-. The summed E-state index contributed by atoms with van der Waals surface area (Å²) in [4.78, 5) is 0. The molecule has 0 aliphatic heterocycles. The van der Waals surface area contributed by atoms with Crippen LogP contribution in [-0.2, 0) is 6.54 Å². The smallest absolute Gasteiger partial charge is 0.0314 e. The van der Waals surface area contributed by atoms with E-state index in [1.54, 1.807) is 0 Å². The second-order valence-electron chi connectivity index (χ2n) is 5.62. The summed E-state index contributed by atoms with van der Waals surface area (Å²) in [6, 6.07) is 16.3. The lowest BCUT2D eigenvalue weighted by molar-refractivity contribution is 1.07. The van der Waals surface area contributed by atoms with Crippen LogP contribution in [0.25, 0.3) is 11.6 Å².